The largest absolute Gasteiger partial charge is 0.465 e. The summed E-state index contributed by atoms with van der Waals surface area (Å²) in [6.45, 7) is 4.26. The number of hydrogen-bond acceptors (Lipinski definition) is 8. The lowest BCUT2D eigenvalue weighted by Gasteiger charge is -2.41. The molecule has 13 heteroatoms. The Morgan fingerprint density at radius 1 is 1.02 bits per heavy atom. The number of hydrogen-bond donors (Lipinski definition) is 1. The summed E-state index contributed by atoms with van der Waals surface area (Å²) in [5.41, 5.74) is 2.85. The van der Waals surface area contributed by atoms with Crippen molar-refractivity contribution in [3.63, 3.8) is 0 Å². The standard InChI is InChI=1S/C27H28N10O3/c1-27(6-3-7-36(27)26(39)40)25(38)35-10-8-34(9-11-35)22-5-4-18(13-29-22)23-24-19(12-28)14-31-37(24)17-21(32-23)20-15-30-33(2)16-20/h4-5,13-17H,3,6-11H2,1-2H3,(H,39,40)/t27-/m1/s1. The van der Waals surface area contributed by atoms with Gasteiger partial charge in [0.2, 0.25) is 5.91 Å². The maximum atomic E-state index is 13.3. The fourth-order valence-electron chi connectivity index (χ4n) is 5.67. The van der Waals surface area contributed by atoms with Gasteiger partial charge in [-0.15, -0.1) is 0 Å². The van der Waals surface area contributed by atoms with Gasteiger partial charge < -0.3 is 14.9 Å². The molecule has 13 nitrogen and oxygen atoms in total. The smallest absolute Gasteiger partial charge is 0.408 e. The zero-order chi connectivity index (χ0) is 28.0. The molecule has 0 aromatic carbocycles. The van der Waals surface area contributed by atoms with E-state index >= 15 is 0 Å². The molecule has 1 atom stereocenters. The third-order valence-corrected chi connectivity index (χ3v) is 7.86. The second-order valence-electron chi connectivity index (χ2n) is 10.3. The molecule has 0 aliphatic carbocycles. The molecule has 0 radical (unpaired) electrons. The van der Waals surface area contributed by atoms with Crippen LogP contribution >= 0.6 is 0 Å². The molecule has 40 heavy (non-hydrogen) atoms. The number of carbonyl (C=O) groups excluding carboxylic acids is 1. The van der Waals surface area contributed by atoms with Gasteiger partial charge in [-0.25, -0.2) is 19.3 Å². The molecular weight excluding hydrogens is 512 g/mol. The minimum Gasteiger partial charge on any atom is -0.465 e. The van der Waals surface area contributed by atoms with Gasteiger partial charge in [-0.3, -0.25) is 14.4 Å². The second kappa shape index (κ2) is 9.64. The van der Waals surface area contributed by atoms with Crippen molar-refractivity contribution in [3.05, 3.63) is 48.7 Å². The molecule has 0 unspecified atom stereocenters. The predicted molar refractivity (Wildman–Crippen MR) is 144 cm³/mol. The lowest BCUT2D eigenvalue weighted by molar-refractivity contribution is -0.141. The summed E-state index contributed by atoms with van der Waals surface area (Å²) in [6.07, 6.45) is 8.81. The van der Waals surface area contributed by atoms with Crippen molar-refractivity contribution in [1.82, 2.24) is 39.2 Å². The van der Waals surface area contributed by atoms with Crippen molar-refractivity contribution in [1.29, 1.82) is 5.26 Å². The van der Waals surface area contributed by atoms with E-state index in [0.717, 1.165) is 16.9 Å². The lowest BCUT2D eigenvalue weighted by atomic mass is 9.96. The summed E-state index contributed by atoms with van der Waals surface area (Å²) in [7, 11) is 1.84. The minimum absolute atomic E-state index is 0.131. The molecule has 6 rings (SSSR count). The average molecular weight is 541 g/mol. The number of carbonyl (C=O) groups is 2. The fraction of sp³-hybridized carbons (Fsp3) is 0.370. The van der Waals surface area contributed by atoms with Gasteiger partial charge in [-0.05, 0) is 31.9 Å². The predicted octanol–water partition coefficient (Wildman–Crippen LogP) is 2.24. The first-order valence-corrected chi connectivity index (χ1v) is 13.1. The van der Waals surface area contributed by atoms with E-state index in [4.69, 9.17) is 9.97 Å². The quantitative estimate of drug-likeness (QED) is 0.411. The Labute approximate surface area is 229 Å². The van der Waals surface area contributed by atoms with Crippen LogP contribution in [0.1, 0.15) is 25.3 Å². The Bertz CT molecular complexity index is 1650. The zero-order valence-electron chi connectivity index (χ0n) is 22.2. The molecule has 2 saturated heterocycles. The Hall–Kier alpha value is -4.99. The Balaban J connectivity index is 1.22. The molecule has 204 valence electrons. The highest BCUT2D eigenvalue weighted by molar-refractivity contribution is 5.90. The maximum Gasteiger partial charge on any atom is 0.408 e. The highest BCUT2D eigenvalue weighted by Gasteiger charge is 2.48. The van der Waals surface area contributed by atoms with Crippen LogP contribution in [-0.2, 0) is 11.8 Å². The van der Waals surface area contributed by atoms with Gasteiger partial charge in [0, 0.05) is 63.3 Å². The Morgan fingerprint density at radius 3 is 2.48 bits per heavy atom. The number of nitriles is 1. The summed E-state index contributed by atoms with van der Waals surface area (Å²) in [4.78, 5) is 39.7. The number of aryl methyl sites for hydroxylation is 1. The zero-order valence-corrected chi connectivity index (χ0v) is 22.2. The first-order valence-electron chi connectivity index (χ1n) is 13.1. The minimum atomic E-state index is -1.05. The van der Waals surface area contributed by atoms with E-state index in [2.05, 4.69) is 21.2 Å². The molecule has 6 heterocycles. The molecule has 2 aliphatic rings. The number of carboxylic acid groups (broad SMARTS) is 1. The van der Waals surface area contributed by atoms with Gasteiger partial charge in [0.05, 0.1) is 30.0 Å². The molecule has 2 amide bonds. The number of pyridine rings is 1. The molecule has 0 spiro atoms. The van der Waals surface area contributed by atoms with Crippen LogP contribution in [0, 0.1) is 11.3 Å². The summed E-state index contributed by atoms with van der Waals surface area (Å²) in [6, 6.07) is 6.03. The van der Waals surface area contributed by atoms with E-state index in [1.165, 1.54) is 11.1 Å². The van der Waals surface area contributed by atoms with Gasteiger partial charge in [0.15, 0.2) is 0 Å². The van der Waals surface area contributed by atoms with Gasteiger partial charge >= 0.3 is 6.09 Å². The van der Waals surface area contributed by atoms with Gasteiger partial charge in [-0.2, -0.15) is 15.5 Å². The molecule has 2 aliphatic heterocycles. The van der Waals surface area contributed by atoms with Crippen molar-refractivity contribution < 1.29 is 14.7 Å². The van der Waals surface area contributed by atoms with E-state index < -0.39 is 11.6 Å². The van der Waals surface area contributed by atoms with E-state index in [1.54, 1.807) is 39.6 Å². The van der Waals surface area contributed by atoms with Gasteiger partial charge in [0.25, 0.3) is 0 Å². The molecule has 4 aromatic heterocycles. The molecule has 4 aromatic rings. The molecule has 1 N–H and O–H groups in total. The van der Waals surface area contributed by atoms with Gasteiger partial charge in [-0.1, -0.05) is 0 Å². The third kappa shape index (κ3) is 4.17. The lowest BCUT2D eigenvalue weighted by Crippen LogP contribution is -2.60. The van der Waals surface area contributed by atoms with Crippen LogP contribution in [0.25, 0.3) is 28.0 Å². The van der Waals surface area contributed by atoms with Crippen molar-refractivity contribution in [2.45, 2.75) is 25.3 Å². The van der Waals surface area contributed by atoms with Crippen LogP contribution in [-0.4, -0.2) is 94.5 Å². The monoisotopic (exact) mass is 540 g/mol. The number of aromatic nitrogens is 6. The summed E-state index contributed by atoms with van der Waals surface area (Å²) < 4.78 is 3.36. The highest BCUT2D eigenvalue weighted by atomic mass is 16.4. The van der Waals surface area contributed by atoms with Crippen LogP contribution < -0.4 is 4.90 Å². The van der Waals surface area contributed by atoms with Crippen LogP contribution in [0.15, 0.2) is 43.1 Å². The Morgan fingerprint density at radius 2 is 1.82 bits per heavy atom. The summed E-state index contributed by atoms with van der Waals surface area (Å²) in [5.74, 6) is 0.636. The van der Waals surface area contributed by atoms with E-state index in [-0.39, 0.29) is 5.91 Å². The van der Waals surface area contributed by atoms with Crippen LogP contribution in [0.2, 0.25) is 0 Å². The average Bonchev–Trinajstić information content (AvgIpc) is 3.70. The number of piperazine rings is 1. The van der Waals surface area contributed by atoms with Crippen LogP contribution in [0.3, 0.4) is 0 Å². The summed E-state index contributed by atoms with van der Waals surface area (Å²) >= 11 is 0. The number of nitrogens with zero attached hydrogens (tertiary/aromatic N) is 10. The van der Waals surface area contributed by atoms with E-state index in [0.29, 0.717) is 68.0 Å². The molecule has 0 bridgehead atoms. The first kappa shape index (κ1) is 25.3. The van der Waals surface area contributed by atoms with E-state index in [1.807, 2.05) is 25.4 Å². The number of likely N-dealkylation sites (tertiary alicyclic amines) is 1. The van der Waals surface area contributed by atoms with Crippen LogP contribution in [0.4, 0.5) is 10.6 Å². The number of rotatable bonds is 4. The van der Waals surface area contributed by atoms with Crippen molar-refractivity contribution in [2.24, 2.45) is 7.05 Å². The number of anilines is 1. The normalized spacial score (nSPS) is 19.3. The third-order valence-electron chi connectivity index (χ3n) is 7.86. The topological polar surface area (TPSA) is 149 Å². The first-order chi connectivity index (χ1) is 19.3. The maximum absolute atomic E-state index is 13.3. The highest BCUT2D eigenvalue weighted by Crippen LogP contribution is 2.32. The van der Waals surface area contributed by atoms with Crippen molar-refractivity contribution in [2.75, 3.05) is 37.6 Å². The molecular formula is C27H28N10O3. The SMILES string of the molecule is Cn1cc(-c2cn3ncc(C#N)c3c(-c3ccc(N4CCN(C(=O)[C@@]5(C)CCCN5C(=O)O)CC4)nc3)n2)cn1. The van der Waals surface area contributed by atoms with Crippen molar-refractivity contribution >= 4 is 23.3 Å². The van der Waals surface area contributed by atoms with Crippen molar-refractivity contribution in [3.8, 4) is 28.6 Å². The van der Waals surface area contributed by atoms with Crippen LogP contribution in [0.5, 0.6) is 0 Å². The van der Waals surface area contributed by atoms with Gasteiger partial charge in [0.1, 0.15) is 28.5 Å². The molecule has 2 fully saturated rings. The Kier molecular flexibility index (Phi) is 6.10. The molecule has 0 saturated carbocycles. The number of fused-ring (bicyclic) bond motifs is 1. The summed E-state index contributed by atoms with van der Waals surface area (Å²) in [5, 5.41) is 27.8. The van der Waals surface area contributed by atoms with E-state index in [9.17, 15) is 20.0 Å². The number of amides is 2. The second-order valence-corrected chi connectivity index (χ2v) is 10.3. The fourth-order valence-corrected chi connectivity index (χ4v) is 5.67.